The number of fused-ring (bicyclic) bond motifs is 1. The molecule has 0 unspecified atom stereocenters. The molecule has 1 atom stereocenters. The number of likely N-dealkylation sites (tertiary alicyclic amines) is 1. The van der Waals surface area contributed by atoms with Crippen molar-refractivity contribution in [3.8, 4) is 0 Å². The number of rotatable bonds is 2. The lowest BCUT2D eigenvalue weighted by molar-refractivity contribution is 0.0591. The van der Waals surface area contributed by atoms with E-state index < -0.39 is 6.09 Å². The summed E-state index contributed by atoms with van der Waals surface area (Å²) in [6, 6.07) is 6.78. The molecule has 2 aliphatic heterocycles. The minimum atomic E-state index is -0.943. The largest absolute Gasteiger partial charge is 0.465 e. The third-order valence-electron chi connectivity index (χ3n) is 4.11. The monoisotopic (exact) mass is 288 g/mol. The molecule has 0 bridgehead atoms. The number of carbonyl (C=O) groups is 3. The average molecular weight is 288 g/mol. The summed E-state index contributed by atoms with van der Waals surface area (Å²) < 4.78 is 0. The first-order chi connectivity index (χ1) is 10.1. The second-order valence-electron chi connectivity index (χ2n) is 5.50. The van der Waals surface area contributed by atoms with Gasteiger partial charge in [-0.3, -0.25) is 14.5 Å². The van der Waals surface area contributed by atoms with Gasteiger partial charge in [0.05, 0.1) is 11.1 Å². The predicted molar refractivity (Wildman–Crippen MR) is 74.1 cm³/mol. The molecule has 1 aromatic rings. The lowest BCUT2D eigenvalue weighted by Crippen LogP contribution is -2.44. The molecule has 0 saturated carbocycles. The van der Waals surface area contributed by atoms with Gasteiger partial charge in [-0.2, -0.15) is 0 Å². The maximum Gasteiger partial charge on any atom is 0.407 e. The Labute approximate surface area is 122 Å². The van der Waals surface area contributed by atoms with E-state index in [4.69, 9.17) is 5.11 Å². The number of hydrogen-bond acceptors (Lipinski definition) is 3. The molecule has 0 aromatic heterocycles. The van der Waals surface area contributed by atoms with Crippen molar-refractivity contribution >= 4 is 17.9 Å². The van der Waals surface area contributed by atoms with Gasteiger partial charge >= 0.3 is 6.09 Å². The van der Waals surface area contributed by atoms with E-state index in [2.05, 4.69) is 0 Å². The van der Waals surface area contributed by atoms with Crippen LogP contribution in [0, 0.1) is 5.92 Å². The Morgan fingerprint density at radius 2 is 1.81 bits per heavy atom. The molecule has 1 fully saturated rings. The van der Waals surface area contributed by atoms with E-state index in [1.165, 1.54) is 9.80 Å². The van der Waals surface area contributed by atoms with Gasteiger partial charge in [0.25, 0.3) is 11.8 Å². The zero-order chi connectivity index (χ0) is 15.0. The summed E-state index contributed by atoms with van der Waals surface area (Å²) in [4.78, 5) is 38.2. The zero-order valence-electron chi connectivity index (χ0n) is 11.5. The Morgan fingerprint density at radius 1 is 1.19 bits per heavy atom. The molecule has 110 valence electrons. The number of carbonyl (C=O) groups excluding carboxylic acids is 2. The second-order valence-corrected chi connectivity index (χ2v) is 5.50. The second kappa shape index (κ2) is 5.20. The first-order valence-electron chi connectivity index (χ1n) is 7.01. The Balaban J connectivity index is 1.73. The highest BCUT2D eigenvalue weighted by Crippen LogP contribution is 2.25. The van der Waals surface area contributed by atoms with Gasteiger partial charge < -0.3 is 10.0 Å². The average Bonchev–Trinajstić information content (AvgIpc) is 2.73. The van der Waals surface area contributed by atoms with Crippen molar-refractivity contribution in [3.05, 3.63) is 35.4 Å². The predicted octanol–water partition coefficient (Wildman–Crippen LogP) is 1.67. The molecule has 3 amide bonds. The standard InChI is InChI=1S/C15H16N2O4/c18-13-11-5-1-2-6-12(11)14(19)17(13)9-10-4-3-7-16(8-10)15(20)21/h1-2,5-6,10H,3-4,7-9H2,(H,20,21)/t10-/m1/s1. The van der Waals surface area contributed by atoms with Crippen LogP contribution in [0.1, 0.15) is 33.6 Å². The van der Waals surface area contributed by atoms with Gasteiger partial charge in [0.2, 0.25) is 0 Å². The van der Waals surface area contributed by atoms with Gasteiger partial charge in [0.15, 0.2) is 0 Å². The van der Waals surface area contributed by atoms with Crippen LogP contribution < -0.4 is 0 Å². The highest BCUT2D eigenvalue weighted by Gasteiger charge is 2.37. The molecule has 1 aromatic carbocycles. The minimum Gasteiger partial charge on any atom is -0.465 e. The van der Waals surface area contributed by atoms with Crippen LogP contribution in [0.2, 0.25) is 0 Å². The molecule has 3 rings (SSSR count). The fraction of sp³-hybridized carbons (Fsp3) is 0.400. The van der Waals surface area contributed by atoms with Gasteiger partial charge in [-0.1, -0.05) is 12.1 Å². The van der Waals surface area contributed by atoms with E-state index >= 15 is 0 Å². The SMILES string of the molecule is O=C(O)N1CCC[C@@H](CN2C(=O)c3ccccc3C2=O)C1. The van der Waals surface area contributed by atoms with Crippen LogP contribution in [-0.4, -0.2) is 52.4 Å². The summed E-state index contributed by atoms with van der Waals surface area (Å²) in [5, 5.41) is 9.04. The summed E-state index contributed by atoms with van der Waals surface area (Å²) in [7, 11) is 0. The topological polar surface area (TPSA) is 77.9 Å². The van der Waals surface area contributed by atoms with E-state index in [0.717, 1.165) is 12.8 Å². The molecular weight excluding hydrogens is 272 g/mol. The van der Waals surface area contributed by atoms with Crippen molar-refractivity contribution in [1.82, 2.24) is 9.80 Å². The van der Waals surface area contributed by atoms with Crippen LogP contribution in [0.3, 0.4) is 0 Å². The van der Waals surface area contributed by atoms with Gasteiger partial charge in [-0.25, -0.2) is 4.79 Å². The Hall–Kier alpha value is -2.37. The molecule has 1 N–H and O–H groups in total. The number of nitrogens with zero attached hydrogens (tertiary/aromatic N) is 2. The molecule has 2 heterocycles. The lowest BCUT2D eigenvalue weighted by atomic mass is 9.98. The summed E-state index contributed by atoms with van der Waals surface area (Å²) in [5.74, 6) is -0.539. The first-order valence-corrected chi connectivity index (χ1v) is 7.01. The fourth-order valence-electron chi connectivity index (χ4n) is 3.05. The highest BCUT2D eigenvalue weighted by atomic mass is 16.4. The molecule has 0 spiro atoms. The Morgan fingerprint density at radius 3 is 2.38 bits per heavy atom. The van der Waals surface area contributed by atoms with Crippen LogP contribution in [0.15, 0.2) is 24.3 Å². The summed E-state index contributed by atoms with van der Waals surface area (Å²) >= 11 is 0. The number of hydrogen-bond donors (Lipinski definition) is 1. The van der Waals surface area contributed by atoms with Crippen molar-refractivity contribution in [2.24, 2.45) is 5.92 Å². The third-order valence-corrected chi connectivity index (χ3v) is 4.11. The molecule has 0 radical (unpaired) electrons. The number of amides is 3. The minimum absolute atomic E-state index is 0.0112. The van der Waals surface area contributed by atoms with E-state index in [1.54, 1.807) is 24.3 Å². The Bertz CT molecular complexity index is 578. The van der Waals surface area contributed by atoms with Gasteiger partial charge in [-0.15, -0.1) is 0 Å². The zero-order valence-corrected chi connectivity index (χ0v) is 11.5. The van der Waals surface area contributed by atoms with Crippen molar-refractivity contribution in [2.45, 2.75) is 12.8 Å². The first kappa shape index (κ1) is 13.6. The van der Waals surface area contributed by atoms with Crippen molar-refractivity contribution < 1.29 is 19.5 Å². The quantitative estimate of drug-likeness (QED) is 0.840. The van der Waals surface area contributed by atoms with Crippen LogP contribution in [0.4, 0.5) is 4.79 Å². The van der Waals surface area contributed by atoms with Crippen LogP contribution in [-0.2, 0) is 0 Å². The van der Waals surface area contributed by atoms with E-state index in [1.807, 2.05) is 0 Å². The van der Waals surface area contributed by atoms with Crippen LogP contribution in [0.5, 0.6) is 0 Å². The third kappa shape index (κ3) is 2.37. The maximum atomic E-state index is 12.3. The van der Waals surface area contributed by atoms with E-state index in [9.17, 15) is 14.4 Å². The maximum absolute atomic E-state index is 12.3. The highest BCUT2D eigenvalue weighted by molar-refractivity contribution is 6.21. The molecular formula is C15H16N2O4. The number of benzene rings is 1. The van der Waals surface area contributed by atoms with Gasteiger partial charge in [0.1, 0.15) is 0 Å². The fourth-order valence-corrected chi connectivity index (χ4v) is 3.05. The summed E-state index contributed by atoms with van der Waals surface area (Å²) in [5.41, 5.74) is 0.877. The van der Waals surface area contributed by atoms with Crippen molar-refractivity contribution in [1.29, 1.82) is 0 Å². The van der Waals surface area contributed by atoms with Crippen LogP contribution in [0.25, 0.3) is 0 Å². The summed E-state index contributed by atoms with van der Waals surface area (Å²) in [6.45, 7) is 1.19. The molecule has 6 nitrogen and oxygen atoms in total. The molecule has 2 aliphatic rings. The lowest BCUT2D eigenvalue weighted by Gasteiger charge is -2.32. The molecule has 0 aliphatic carbocycles. The molecule has 21 heavy (non-hydrogen) atoms. The van der Waals surface area contributed by atoms with Gasteiger partial charge in [-0.05, 0) is 30.9 Å². The van der Waals surface area contributed by atoms with Crippen molar-refractivity contribution in [3.63, 3.8) is 0 Å². The normalized spacial score (nSPS) is 21.6. The number of piperidine rings is 1. The van der Waals surface area contributed by atoms with E-state index in [0.29, 0.717) is 24.2 Å². The van der Waals surface area contributed by atoms with Gasteiger partial charge in [0, 0.05) is 19.6 Å². The van der Waals surface area contributed by atoms with Crippen LogP contribution >= 0.6 is 0 Å². The Kier molecular flexibility index (Phi) is 3.37. The summed E-state index contributed by atoms with van der Waals surface area (Å²) in [6.07, 6.45) is 0.652. The van der Waals surface area contributed by atoms with Crippen molar-refractivity contribution in [2.75, 3.05) is 19.6 Å². The number of carboxylic acid groups (broad SMARTS) is 1. The molecule has 1 saturated heterocycles. The molecule has 6 heteroatoms. The smallest absolute Gasteiger partial charge is 0.407 e. The number of imide groups is 1. The van der Waals surface area contributed by atoms with E-state index in [-0.39, 0.29) is 24.3 Å².